The smallest absolute Gasteiger partial charge is 0.450 e. The molecule has 0 spiro atoms. The summed E-state index contributed by atoms with van der Waals surface area (Å²) in [6, 6.07) is 12.5. The number of fused-ring (bicyclic) bond motifs is 1. The predicted octanol–water partition coefficient (Wildman–Crippen LogP) is 4.21. The van der Waals surface area contributed by atoms with Crippen LogP contribution in [0.5, 0.6) is 0 Å². The van der Waals surface area contributed by atoms with Gasteiger partial charge in [-0.1, -0.05) is 36.8 Å². The Morgan fingerprint density at radius 1 is 1.02 bits per heavy atom. The van der Waals surface area contributed by atoms with E-state index in [1.807, 2.05) is 24.3 Å². The molecular formula is C30H40N6O5. The highest BCUT2D eigenvalue weighted by molar-refractivity contribution is 5.71. The lowest BCUT2D eigenvalue weighted by Gasteiger charge is -2.42. The van der Waals surface area contributed by atoms with E-state index in [4.69, 9.17) is 19.6 Å². The Bertz CT molecular complexity index is 1180. The molecule has 1 aliphatic carbocycles. The number of nitrogens with zero attached hydrogens (tertiary/aromatic N) is 5. The number of ether oxygens (including phenoxy) is 2. The van der Waals surface area contributed by atoms with Gasteiger partial charge in [-0.25, -0.2) is 14.6 Å². The molecule has 6 rings (SSSR count). The number of rotatable bonds is 8. The number of hydrogen-bond acceptors (Lipinski definition) is 9. The van der Waals surface area contributed by atoms with Gasteiger partial charge < -0.3 is 29.7 Å². The van der Waals surface area contributed by atoms with Gasteiger partial charge in [-0.2, -0.15) is 4.98 Å². The summed E-state index contributed by atoms with van der Waals surface area (Å²) in [4.78, 5) is 39.9. The van der Waals surface area contributed by atoms with E-state index < -0.39 is 6.16 Å². The monoisotopic (exact) mass is 564 g/mol. The molecule has 41 heavy (non-hydrogen) atoms. The van der Waals surface area contributed by atoms with Crippen LogP contribution in [0.2, 0.25) is 0 Å². The topological polar surface area (TPSA) is 120 Å². The van der Waals surface area contributed by atoms with Crippen LogP contribution in [0.1, 0.15) is 50.5 Å². The van der Waals surface area contributed by atoms with Crippen LogP contribution >= 0.6 is 0 Å². The van der Waals surface area contributed by atoms with E-state index in [9.17, 15) is 9.59 Å². The molecule has 3 aliphatic heterocycles. The van der Waals surface area contributed by atoms with Crippen LogP contribution in [0.3, 0.4) is 0 Å². The average molecular weight is 565 g/mol. The van der Waals surface area contributed by atoms with Crippen LogP contribution in [-0.4, -0.2) is 94.1 Å². The number of nitrogens with one attached hydrogen (secondary N) is 1. The highest BCUT2D eigenvalue weighted by atomic mass is 16.7. The van der Waals surface area contributed by atoms with E-state index in [0.717, 1.165) is 70.6 Å². The molecule has 4 heterocycles. The van der Waals surface area contributed by atoms with Gasteiger partial charge in [0.15, 0.2) is 0 Å². The summed E-state index contributed by atoms with van der Waals surface area (Å²) in [6.45, 7) is 4.85. The lowest BCUT2D eigenvalue weighted by molar-refractivity contribution is 0.00332. The minimum Gasteiger partial charge on any atom is -0.450 e. The van der Waals surface area contributed by atoms with E-state index >= 15 is 0 Å². The maximum Gasteiger partial charge on any atom is 0.506 e. The van der Waals surface area contributed by atoms with Crippen LogP contribution in [0.15, 0.2) is 42.6 Å². The zero-order valence-electron chi connectivity index (χ0n) is 23.4. The van der Waals surface area contributed by atoms with Gasteiger partial charge in [0, 0.05) is 57.4 Å². The van der Waals surface area contributed by atoms with Crippen molar-refractivity contribution in [2.75, 3.05) is 42.9 Å². The molecule has 1 aromatic heterocycles. The lowest BCUT2D eigenvalue weighted by atomic mass is 9.81. The Hall–Kier alpha value is -3.60. The summed E-state index contributed by atoms with van der Waals surface area (Å²) in [5, 5.41) is 12.2. The summed E-state index contributed by atoms with van der Waals surface area (Å²) >= 11 is 0. The van der Waals surface area contributed by atoms with Gasteiger partial charge in [0.25, 0.3) is 0 Å². The maximum atomic E-state index is 13.2. The van der Waals surface area contributed by atoms with Crippen LogP contribution in [0.4, 0.5) is 21.4 Å². The number of aromatic nitrogens is 2. The number of anilines is 2. The molecule has 220 valence electrons. The Labute approximate surface area is 240 Å². The van der Waals surface area contributed by atoms with Crippen molar-refractivity contribution in [3.8, 4) is 0 Å². The first-order valence-corrected chi connectivity index (χ1v) is 15.0. The number of hydrogen-bond donors (Lipinski definition) is 2. The van der Waals surface area contributed by atoms with Gasteiger partial charge in [0.05, 0.1) is 6.04 Å². The van der Waals surface area contributed by atoms with Crippen molar-refractivity contribution in [3.63, 3.8) is 0 Å². The second-order valence-corrected chi connectivity index (χ2v) is 11.7. The molecule has 4 aliphatic rings. The minimum absolute atomic E-state index is 0.0672. The normalized spacial score (nSPS) is 26.0. The number of likely N-dealkylation sites (tertiary alicyclic amines) is 1. The van der Waals surface area contributed by atoms with Crippen molar-refractivity contribution >= 4 is 24.0 Å². The fourth-order valence-electron chi connectivity index (χ4n) is 7.08. The summed E-state index contributed by atoms with van der Waals surface area (Å²) in [6.07, 6.45) is 6.51. The van der Waals surface area contributed by atoms with Gasteiger partial charge in [-0.3, -0.25) is 4.90 Å². The van der Waals surface area contributed by atoms with Crippen molar-refractivity contribution in [1.29, 1.82) is 0 Å². The standard InChI is InChI=1S/C30H40N6O5/c37-29-36(25-8-4-7-22(27(25)41-29)20-34-15-12-24(13-16-34)40-30(38)39)23-10-17-35(18-11-23)26-9-14-31-28(33-26)32-19-21-5-2-1-3-6-21/h1-3,5-6,9,14,22-25,27H,4,7-8,10-13,15-20H2,(H,38,39)(H,31,32,33). The average Bonchev–Trinajstić information content (AvgIpc) is 3.34. The van der Waals surface area contributed by atoms with Crippen molar-refractivity contribution in [1.82, 2.24) is 19.8 Å². The number of carbonyl (C=O) groups is 2. The second kappa shape index (κ2) is 12.5. The van der Waals surface area contributed by atoms with Crippen LogP contribution in [0.25, 0.3) is 0 Å². The fourth-order valence-corrected chi connectivity index (χ4v) is 7.08. The first-order chi connectivity index (χ1) is 20.0. The minimum atomic E-state index is -1.19. The first kappa shape index (κ1) is 27.6. The van der Waals surface area contributed by atoms with E-state index in [-0.39, 0.29) is 30.4 Å². The molecule has 1 aromatic carbocycles. The Balaban J connectivity index is 1.01. The Morgan fingerprint density at radius 3 is 2.56 bits per heavy atom. The van der Waals surface area contributed by atoms with Crippen molar-refractivity contribution in [2.24, 2.45) is 5.92 Å². The molecule has 2 N–H and O–H groups in total. The third-order valence-electron chi connectivity index (χ3n) is 9.13. The quantitative estimate of drug-likeness (QED) is 0.451. The van der Waals surface area contributed by atoms with Crippen LogP contribution < -0.4 is 10.2 Å². The van der Waals surface area contributed by atoms with Gasteiger partial charge in [0.1, 0.15) is 18.0 Å². The second-order valence-electron chi connectivity index (χ2n) is 11.7. The molecule has 11 nitrogen and oxygen atoms in total. The van der Waals surface area contributed by atoms with E-state index in [1.54, 1.807) is 6.20 Å². The molecule has 3 unspecified atom stereocenters. The van der Waals surface area contributed by atoms with Crippen LogP contribution in [0, 0.1) is 5.92 Å². The third kappa shape index (κ3) is 6.50. The zero-order chi connectivity index (χ0) is 28.2. The van der Waals surface area contributed by atoms with Gasteiger partial charge in [-0.05, 0) is 50.2 Å². The number of amides is 1. The molecule has 2 aromatic rings. The van der Waals surface area contributed by atoms with Crippen molar-refractivity contribution < 1.29 is 24.2 Å². The molecule has 3 atom stereocenters. The molecule has 4 fully saturated rings. The molecular weight excluding hydrogens is 524 g/mol. The zero-order valence-corrected chi connectivity index (χ0v) is 23.4. The molecule has 0 bridgehead atoms. The number of carboxylic acid groups (broad SMARTS) is 1. The third-order valence-corrected chi connectivity index (χ3v) is 9.13. The Kier molecular flexibility index (Phi) is 8.41. The largest absolute Gasteiger partial charge is 0.506 e. The number of carbonyl (C=O) groups excluding carboxylic acids is 1. The summed E-state index contributed by atoms with van der Waals surface area (Å²) in [5.41, 5.74) is 1.18. The van der Waals surface area contributed by atoms with Crippen molar-refractivity contribution in [3.05, 3.63) is 48.2 Å². The predicted molar refractivity (Wildman–Crippen MR) is 153 cm³/mol. The molecule has 1 saturated carbocycles. The van der Waals surface area contributed by atoms with Gasteiger partial charge >= 0.3 is 12.2 Å². The van der Waals surface area contributed by atoms with Gasteiger partial charge in [0.2, 0.25) is 5.95 Å². The number of piperidine rings is 2. The fraction of sp³-hybridized carbons (Fsp3) is 0.600. The summed E-state index contributed by atoms with van der Waals surface area (Å²) < 4.78 is 11.0. The Morgan fingerprint density at radius 2 is 1.80 bits per heavy atom. The van der Waals surface area contributed by atoms with E-state index in [1.165, 1.54) is 5.56 Å². The molecule has 1 amide bonds. The molecule has 11 heteroatoms. The van der Waals surface area contributed by atoms with Crippen molar-refractivity contribution in [2.45, 2.75) is 75.8 Å². The lowest BCUT2D eigenvalue weighted by Crippen LogP contribution is -2.52. The summed E-state index contributed by atoms with van der Waals surface area (Å²) in [7, 11) is 0. The highest BCUT2D eigenvalue weighted by Gasteiger charge is 2.50. The first-order valence-electron chi connectivity index (χ1n) is 15.0. The maximum absolute atomic E-state index is 13.2. The van der Waals surface area contributed by atoms with E-state index in [2.05, 4.69) is 37.1 Å². The van der Waals surface area contributed by atoms with Crippen LogP contribution in [-0.2, 0) is 16.0 Å². The summed E-state index contributed by atoms with van der Waals surface area (Å²) in [5.74, 6) is 1.83. The molecule has 0 radical (unpaired) electrons. The SMILES string of the molecule is O=C(O)OC1CCN(CC2CCCC3C2OC(=O)N3C2CCN(c3ccnc(NCc4ccccc4)n3)CC2)CC1. The van der Waals surface area contributed by atoms with E-state index in [0.29, 0.717) is 31.3 Å². The highest BCUT2D eigenvalue weighted by Crippen LogP contribution is 2.39. The van der Waals surface area contributed by atoms with Gasteiger partial charge in [-0.15, -0.1) is 0 Å². The molecule has 3 saturated heterocycles. The number of benzene rings is 1.